The van der Waals surface area contributed by atoms with Gasteiger partial charge < -0.3 is 5.73 Å². The third-order valence-corrected chi connectivity index (χ3v) is 5.24. The predicted octanol–water partition coefficient (Wildman–Crippen LogP) is 2.65. The van der Waals surface area contributed by atoms with E-state index in [1.54, 1.807) is 24.4 Å². The molecule has 0 saturated heterocycles. The van der Waals surface area contributed by atoms with Crippen LogP contribution in [0.1, 0.15) is 17.8 Å². The van der Waals surface area contributed by atoms with Crippen LogP contribution in [0, 0.1) is 11.6 Å². The molecule has 8 heteroatoms. The lowest BCUT2D eigenvalue weighted by Gasteiger charge is -2.14. The minimum absolute atomic E-state index is 0.176. The minimum atomic E-state index is -4.31. The van der Waals surface area contributed by atoms with E-state index >= 15 is 0 Å². The van der Waals surface area contributed by atoms with Crippen LogP contribution in [0.15, 0.2) is 34.5 Å². The molecule has 2 aromatic rings. The first kappa shape index (κ1) is 14.9. The van der Waals surface area contributed by atoms with Crippen LogP contribution in [0.3, 0.4) is 0 Å². The zero-order valence-corrected chi connectivity index (χ0v) is 12.1. The standard InChI is InChI=1S/C12H12F2N2O2S2/c1-7(11-3-2-4-19-11)16-20(17,18)12-9(13)5-8(15)6-10(12)14/h2-7,16H,15H2,1H3. The molecule has 2 rings (SSSR count). The largest absolute Gasteiger partial charge is 0.399 e. The molecule has 20 heavy (non-hydrogen) atoms. The highest BCUT2D eigenvalue weighted by atomic mass is 32.2. The summed E-state index contributed by atoms with van der Waals surface area (Å²) in [5, 5.41) is 1.78. The molecule has 0 aliphatic carbocycles. The number of hydrogen-bond donors (Lipinski definition) is 2. The molecule has 0 saturated carbocycles. The van der Waals surface area contributed by atoms with Gasteiger partial charge in [-0.2, -0.15) is 0 Å². The summed E-state index contributed by atoms with van der Waals surface area (Å²) in [6.07, 6.45) is 0. The van der Waals surface area contributed by atoms with Crippen LogP contribution in [0.5, 0.6) is 0 Å². The Morgan fingerprint density at radius 1 is 1.30 bits per heavy atom. The van der Waals surface area contributed by atoms with Crippen LogP contribution in [0.2, 0.25) is 0 Å². The van der Waals surface area contributed by atoms with Gasteiger partial charge >= 0.3 is 0 Å². The van der Waals surface area contributed by atoms with Crippen molar-refractivity contribution in [1.29, 1.82) is 0 Å². The second kappa shape index (κ2) is 5.47. The Balaban J connectivity index is 2.37. The van der Waals surface area contributed by atoms with Crippen molar-refractivity contribution in [2.45, 2.75) is 17.9 Å². The van der Waals surface area contributed by atoms with E-state index < -0.39 is 32.6 Å². The Morgan fingerprint density at radius 3 is 2.40 bits per heavy atom. The van der Waals surface area contributed by atoms with Crippen LogP contribution < -0.4 is 10.5 Å². The topological polar surface area (TPSA) is 72.2 Å². The first-order valence-electron chi connectivity index (χ1n) is 5.61. The van der Waals surface area contributed by atoms with Gasteiger partial charge in [0.1, 0.15) is 11.6 Å². The van der Waals surface area contributed by atoms with Crippen LogP contribution in [0.4, 0.5) is 14.5 Å². The molecule has 1 aromatic carbocycles. The van der Waals surface area contributed by atoms with E-state index in [0.29, 0.717) is 0 Å². The molecule has 1 aromatic heterocycles. The van der Waals surface area contributed by atoms with Gasteiger partial charge in [0.05, 0.1) is 6.04 Å². The normalized spacial score (nSPS) is 13.3. The van der Waals surface area contributed by atoms with Crippen molar-refractivity contribution in [3.8, 4) is 0 Å². The van der Waals surface area contributed by atoms with Crippen molar-refractivity contribution in [1.82, 2.24) is 4.72 Å². The Labute approximate surface area is 119 Å². The highest BCUT2D eigenvalue weighted by Crippen LogP contribution is 2.25. The summed E-state index contributed by atoms with van der Waals surface area (Å²) in [5.41, 5.74) is 5.08. The van der Waals surface area contributed by atoms with E-state index in [-0.39, 0.29) is 5.69 Å². The fourth-order valence-corrected chi connectivity index (χ4v) is 3.87. The van der Waals surface area contributed by atoms with E-state index in [4.69, 9.17) is 5.73 Å². The fourth-order valence-electron chi connectivity index (χ4n) is 1.72. The van der Waals surface area contributed by atoms with Gasteiger partial charge in [0.15, 0.2) is 4.90 Å². The maximum atomic E-state index is 13.7. The van der Waals surface area contributed by atoms with Crippen molar-refractivity contribution < 1.29 is 17.2 Å². The van der Waals surface area contributed by atoms with Gasteiger partial charge in [-0.05, 0) is 30.5 Å². The number of nitrogen functional groups attached to an aromatic ring is 1. The number of nitrogens with two attached hydrogens (primary N) is 1. The maximum absolute atomic E-state index is 13.7. The molecule has 0 fully saturated rings. The number of nitrogens with one attached hydrogen (secondary N) is 1. The number of anilines is 1. The monoisotopic (exact) mass is 318 g/mol. The van der Waals surface area contributed by atoms with Gasteiger partial charge in [-0.15, -0.1) is 11.3 Å². The van der Waals surface area contributed by atoms with Gasteiger partial charge in [0.25, 0.3) is 0 Å². The lowest BCUT2D eigenvalue weighted by Crippen LogP contribution is -2.28. The SMILES string of the molecule is CC(NS(=O)(=O)c1c(F)cc(N)cc1F)c1cccs1. The lowest BCUT2D eigenvalue weighted by molar-refractivity contribution is 0.510. The molecule has 1 unspecified atom stereocenters. The highest BCUT2D eigenvalue weighted by molar-refractivity contribution is 7.89. The zero-order valence-electron chi connectivity index (χ0n) is 10.4. The summed E-state index contributed by atoms with van der Waals surface area (Å²) in [6, 6.07) is 4.44. The molecular formula is C12H12F2N2O2S2. The molecule has 108 valence electrons. The number of rotatable bonds is 4. The van der Waals surface area contributed by atoms with Crippen molar-refractivity contribution in [2.75, 3.05) is 5.73 Å². The molecule has 3 N–H and O–H groups in total. The summed E-state index contributed by atoms with van der Waals surface area (Å²) < 4.78 is 53.7. The van der Waals surface area contributed by atoms with E-state index in [0.717, 1.165) is 17.0 Å². The van der Waals surface area contributed by atoms with E-state index in [2.05, 4.69) is 4.72 Å². The van der Waals surface area contributed by atoms with E-state index in [1.807, 2.05) is 0 Å². The van der Waals surface area contributed by atoms with Crippen LogP contribution in [0.25, 0.3) is 0 Å². The van der Waals surface area contributed by atoms with Gasteiger partial charge in [-0.3, -0.25) is 0 Å². The molecule has 0 amide bonds. The molecule has 0 spiro atoms. The molecule has 1 heterocycles. The molecule has 0 radical (unpaired) electrons. The Morgan fingerprint density at radius 2 is 1.90 bits per heavy atom. The summed E-state index contributed by atoms with van der Waals surface area (Å²) >= 11 is 1.34. The summed E-state index contributed by atoms with van der Waals surface area (Å²) in [7, 11) is -4.31. The third kappa shape index (κ3) is 2.97. The average Bonchev–Trinajstić information content (AvgIpc) is 2.78. The lowest BCUT2D eigenvalue weighted by atomic mass is 10.3. The van der Waals surface area contributed by atoms with Crippen LogP contribution in [-0.4, -0.2) is 8.42 Å². The highest BCUT2D eigenvalue weighted by Gasteiger charge is 2.26. The first-order chi connectivity index (χ1) is 9.31. The van der Waals surface area contributed by atoms with Crippen molar-refractivity contribution >= 4 is 27.0 Å². The molecule has 0 bridgehead atoms. The first-order valence-corrected chi connectivity index (χ1v) is 7.98. The molecule has 1 atom stereocenters. The molecular weight excluding hydrogens is 306 g/mol. The smallest absolute Gasteiger partial charge is 0.247 e. The number of halogens is 2. The second-order valence-corrected chi connectivity index (χ2v) is 6.80. The summed E-state index contributed by atoms with van der Waals surface area (Å²) in [4.78, 5) is -0.278. The summed E-state index contributed by atoms with van der Waals surface area (Å²) in [6.45, 7) is 1.59. The van der Waals surface area contributed by atoms with Crippen molar-refractivity contribution in [3.05, 3.63) is 46.2 Å². The third-order valence-electron chi connectivity index (χ3n) is 2.59. The van der Waals surface area contributed by atoms with Gasteiger partial charge in [-0.1, -0.05) is 6.07 Å². The predicted molar refractivity (Wildman–Crippen MR) is 73.8 cm³/mol. The second-order valence-electron chi connectivity index (χ2n) is 4.17. The Kier molecular flexibility index (Phi) is 4.07. The molecule has 0 aliphatic heterocycles. The quantitative estimate of drug-likeness (QED) is 0.851. The van der Waals surface area contributed by atoms with Gasteiger partial charge in [0, 0.05) is 10.6 Å². The number of benzene rings is 1. The Bertz CT molecular complexity index is 692. The summed E-state index contributed by atoms with van der Waals surface area (Å²) in [5.74, 6) is -2.43. The number of sulfonamides is 1. The van der Waals surface area contributed by atoms with Crippen LogP contribution >= 0.6 is 11.3 Å². The average molecular weight is 318 g/mol. The molecule has 4 nitrogen and oxygen atoms in total. The van der Waals surface area contributed by atoms with Crippen molar-refractivity contribution in [3.63, 3.8) is 0 Å². The zero-order chi connectivity index (χ0) is 14.9. The van der Waals surface area contributed by atoms with E-state index in [1.165, 1.54) is 11.3 Å². The number of hydrogen-bond acceptors (Lipinski definition) is 4. The van der Waals surface area contributed by atoms with E-state index in [9.17, 15) is 17.2 Å². The Hall–Kier alpha value is -1.51. The molecule has 0 aliphatic rings. The van der Waals surface area contributed by atoms with Crippen molar-refractivity contribution in [2.24, 2.45) is 0 Å². The minimum Gasteiger partial charge on any atom is -0.399 e. The number of thiophene rings is 1. The fraction of sp³-hybridized carbons (Fsp3) is 0.167. The van der Waals surface area contributed by atoms with Gasteiger partial charge in [-0.25, -0.2) is 21.9 Å². The van der Waals surface area contributed by atoms with Crippen LogP contribution in [-0.2, 0) is 10.0 Å². The maximum Gasteiger partial charge on any atom is 0.247 e. The van der Waals surface area contributed by atoms with Gasteiger partial charge in [0.2, 0.25) is 10.0 Å².